The second kappa shape index (κ2) is 10.1. The van der Waals surface area contributed by atoms with E-state index in [-0.39, 0.29) is 42.2 Å². The third-order valence-corrected chi connectivity index (χ3v) is 8.31. The number of fused-ring (bicyclic) bond motifs is 3. The fourth-order valence-corrected chi connectivity index (χ4v) is 6.42. The first kappa shape index (κ1) is 24.9. The van der Waals surface area contributed by atoms with Crippen LogP contribution in [0.15, 0.2) is 66.7 Å². The average Bonchev–Trinajstić information content (AvgIpc) is 3.67. The molecule has 0 bridgehead atoms. The summed E-state index contributed by atoms with van der Waals surface area (Å²) in [7, 11) is 0. The lowest BCUT2D eigenvalue weighted by Gasteiger charge is -2.16. The van der Waals surface area contributed by atoms with Crippen molar-refractivity contribution in [2.75, 3.05) is 6.54 Å². The zero-order chi connectivity index (χ0) is 27.1. The Labute approximate surface area is 227 Å². The lowest BCUT2D eigenvalue weighted by molar-refractivity contribution is 0.0695. The van der Waals surface area contributed by atoms with Gasteiger partial charge in [-0.25, -0.2) is 9.18 Å². The molecule has 1 fully saturated rings. The van der Waals surface area contributed by atoms with Crippen LogP contribution in [0.2, 0.25) is 0 Å². The third kappa shape index (κ3) is 4.59. The van der Waals surface area contributed by atoms with E-state index in [1.165, 1.54) is 23.5 Å². The Kier molecular flexibility index (Phi) is 6.44. The van der Waals surface area contributed by atoms with E-state index >= 15 is 0 Å². The summed E-state index contributed by atoms with van der Waals surface area (Å²) >= 11 is 1.34. The van der Waals surface area contributed by atoms with Crippen LogP contribution in [0, 0.1) is 5.82 Å². The van der Waals surface area contributed by atoms with Gasteiger partial charge < -0.3 is 15.3 Å². The monoisotopic (exact) mass is 541 g/mol. The summed E-state index contributed by atoms with van der Waals surface area (Å²) in [5.74, 6) is -1.96. The van der Waals surface area contributed by atoms with Gasteiger partial charge in [0.05, 0.1) is 35.1 Å². The van der Waals surface area contributed by atoms with Gasteiger partial charge in [0.2, 0.25) is 0 Å². The summed E-state index contributed by atoms with van der Waals surface area (Å²) in [5.41, 5.74) is 2.93. The number of rotatable bonds is 7. The van der Waals surface area contributed by atoms with Crippen molar-refractivity contribution in [2.24, 2.45) is 0 Å². The molecule has 0 unspecified atom stereocenters. The number of carbonyl (C=O) groups excluding carboxylic acids is 2. The quantitative estimate of drug-likeness (QED) is 0.324. The number of carbonyl (C=O) groups is 3. The predicted molar refractivity (Wildman–Crippen MR) is 144 cm³/mol. The van der Waals surface area contributed by atoms with E-state index in [2.05, 4.69) is 5.32 Å². The molecule has 39 heavy (non-hydrogen) atoms. The summed E-state index contributed by atoms with van der Waals surface area (Å²) in [4.78, 5) is 46.8. The van der Waals surface area contributed by atoms with Gasteiger partial charge in [0.15, 0.2) is 0 Å². The Hall–Kier alpha value is -4.37. The van der Waals surface area contributed by atoms with Gasteiger partial charge in [0, 0.05) is 33.8 Å². The molecule has 4 aromatic rings. The SMILES string of the molecule is O=C(NCc1ccc(-c2c(C(=O)O)c(Cc3ccc(F)cc3)nc3c2C(=O)N2CCC[C@@H]32)s1)c1ccccc1. The van der Waals surface area contributed by atoms with E-state index < -0.39 is 5.97 Å². The molecule has 0 radical (unpaired) electrons. The Morgan fingerprint density at radius 1 is 1.05 bits per heavy atom. The Balaban J connectivity index is 1.41. The highest BCUT2D eigenvalue weighted by atomic mass is 32.1. The number of hydrogen-bond donors (Lipinski definition) is 2. The molecule has 1 atom stereocenters. The van der Waals surface area contributed by atoms with Crippen molar-refractivity contribution in [3.8, 4) is 10.4 Å². The van der Waals surface area contributed by atoms with Crippen molar-refractivity contribution in [1.29, 1.82) is 0 Å². The van der Waals surface area contributed by atoms with Crippen LogP contribution in [0.4, 0.5) is 4.39 Å². The Bertz CT molecular complexity index is 1600. The van der Waals surface area contributed by atoms with Gasteiger partial charge >= 0.3 is 5.97 Å². The van der Waals surface area contributed by atoms with Gasteiger partial charge in [-0.3, -0.25) is 14.6 Å². The van der Waals surface area contributed by atoms with E-state index in [4.69, 9.17) is 4.98 Å². The number of hydrogen-bond acceptors (Lipinski definition) is 5. The first-order chi connectivity index (χ1) is 18.9. The van der Waals surface area contributed by atoms with Crippen molar-refractivity contribution in [3.05, 3.63) is 111 Å². The molecule has 6 rings (SSSR count). The highest BCUT2D eigenvalue weighted by Crippen LogP contribution is 2.46. The van der Waals surface area contributed by atoms with Crippen LogP contribution >= 0.6 is 11.3 Å². The summed E-state index contributed by atoms with van der Waals surface area (Å²) in [6.45, 7) is 0.870. The van der Waals surface area contributed by atoms with E-state index in [9.17, 15) is 23.9 Å². The average molecular weight is 542 g/mol. The van der Waals surface area contributed by atoms with Crippen LogP contribution < -0.4 is 5.32 Å². The molecule has 7 nitrogen and oxygen atoms in total. The maximum atomic E-state index is 13.5. The zero-order valence-corrected chi connectivity index (χ0v) is 21.6. The number of aromatic carboxylic acids is 1. The molecule has 4 heterocycles. The normalized spacial score (nSPS) is 15.8. The van der Waals surface area contributed by atoms with E-state index in [0.29, 0.717) is 39.5 Å². The molecule has 2 aromatic heterocycles. The molecule has 196 valence electrons. The minimum absolute atomic E-state index is 0.0191. The number of pyridine rings is 1. The highest BCUT2D eigenvalue weighted by Gasteiger charge is 2.44. The van der Waals surface area contributed by atoms with Gasteiger partial charge in [0.1, 0.15) is 5.82 Å². The molecule has 2 N–H and O–H groups in total. The van der Waals surface area contributed by atoms with Crippen molar-refractivity contribution in [2.45, 2.75) is 31.8 Å². The van der Waals surface area contributed by atoms with Crippen molar-refractivity contribution >= 4 is 29.1 Å². The number of benzene rings is 2. The van der Waals surface area contributed by atoms with E-state index in [1.807, 2.05) is 12.1 Å². The molecule has 2 amide bonds. The van der Waals surface area contributed by atoms with Crippen LogP contribution in [-0.2, 0) is 13.0 Å². The van der Waals surface area contributed by atoms with Crippen LogP contribution in [-0.4, -0.2) is 39.3 Å². The molecule has 2 aliphatic heterocycles. The molecule has 9 heteroatoms. The molecule has 1 saturated heterocycles. The van der Waals surface area contributed by atoms with Crippen LogP contribution in [0.1, 0.15) is 71.8 Å². The zero-order valence-electron chi connectivity index (χ0n) is 20.8. The third-order valence-electron chi connectivity index (χ3n) is 7.21. The van der Waals surface area contributed by atoms with Crippen LogP contribution in [0.3, 0.4) is 0 Å². The smallest absolute Gasteiger partial charge is 0.338 e. The maximum Gasteiger partial charge on any atom is 0.338 e. The largest absolute Gasteiger partial charge is 0.478 e. The number of thiophene rings is 1. The first-order valence-electron chi connectivity index (χ1n) is 12.7. The van der Waals surface area contributed by atoms with E-state index in [1.54, 1.807) is 47.4 Å². The fraction of sp³-hybridized carbons (Fsp3) is 0.200. The fourth-order valence-electron chi connectivity index (χ4n) is 5.42. The number of amides is 2. The second-order valence-corrected chi connectivity index (χ2v) is 10.8. The number of carboxylic acids is 1. The Morgan fingerprint density at radius 2 is 1.82 bits per heavy atom. The number of nitrogens with one attached hydrogen (secondary N) is 1. The Morgan fingerprint density at radius 3 is 2.56 bits per heavy atom. The number of aromatic nitrogens is 1. The highest BCUT2D eigenvalue weighted by molar-refractivity contribution is 7.15. The van der Waals surface area contributed by atoms with Gasteiger partial charge in [-0.05, 0) is 54.8 Å². The standard InChI is InChI=1S/C30H24FN3O4S/c31-19-10-8-17(9-11-19)15-21-24(30(37)38)25(26-27(33-21)22-7-4-14-34(22)29(26)36)23-13-12-20(39-23)16-32-28(35)18-5-2-1-3-6-18/h1-3,5-6,8-13,22H,4,7,14-16H2,(H,32,35)(H,37,38)/t22-/m0/s1. The van der Waals surface area contributed by atoms with Crippen molar-refractivity contribution in [3.63, 3.8) is 0 Å². The summed E-state index contributed by atoms with van der Waals surface area (Å²) in [5, 5.41) is 13.3. The van der Waals surface area contributed by atoms with Gasteiger partial charge in [-0.2, -0.15) is 0 Å². The predicted octanol–water partition coefficient (Wildman–Crippen LogP) is 5.46. The second-order valence-electron chi connectivity index (χ2n) is 9.65. The van der Waals surface area contributed by atoms with Gasteiger partial charge in [0.25, 0.3) is 11.8 Å². The van der Waals surface area contributed by atoms with Crippen molar-refractivity contribution in [1.82, 2.24) is 15.2 Å². The molecule has 0 saturated carbocycles. The first-order valence-corrected chi connectivity index (χ1v) is 13.5. The van der Waals surface area contributed by atoms with Gasteiger partial charge in [-0.15, -0.1) is 11.3 Å². The molecule has 0 aliphatic carbocycles. The van der Waals surface area contributed by atoms with Gasteiger partial charge in [-0.1, -0.05) is 30.3 Å². The number of halogens is 1. The maximum absolute atomic E-state index is 13.5. The molecule has 2 aromatic carbocycles. The van der Waals surface area contributed by atoms with E-state index in [0.717, 1.165) is 23.3 Å². The molecular weight excluding hydrogens is 517 g/mol. The minimum Gasteiger partial charge on any atom is -0.478 e. The molecular formula is C30H24FN3O4S. The lowest BCUT2D eigenvalue weighted by Crippen LogP contribution is -2.23. The number of nitrogens with zero attached hydrogens (tertiary/aromatic N) is 2. The summed E-state index contributed by atoms with van der Waals surface area (Å²) < 4.78 is 13.5. The van der Waals surface area contributed by atoms with Crippen LogP contribution in [0.5, 0.6) is 0 Å². The minimum atomic E-state index is -1.18. The molecule has 2 aliphatic rings. The molecule has 0 spiro atoms. The van der Waals surface area contributed by atoms with Crippen LogP contribution in [0.25, 0.3) is 10.4 Å². The number of carboxylic acid groups (broad SMARTS) is 1. The van der Waals surface area contributed by atoms with Crippen molar-refractivity contribution < 1.29 is 23.9 Å². The topological polar surface area (TPSA) is 99.6 Å². The lowest BCUT2D eigenvalue weighted by atomic mass is 9.93. The summed E-state index contributed by atoms with van der Waals surface area (Å²) in [6, 6.07) is 18.2. The summed E-state index contributed by atoms with van der Waals surface area (Å²) in [6.07, 6.45) is 1.83.